The Hall–Kier alpha value is -1.22. The molecule has 1 aromatic carbocycles. The Morgan fingerprint density at radius 1 is 1.21 bits per heavy atom. The highest BCUT2D eigenvalue weighted by molar-refractivity contribution is 6.18. The van der Waals surface area contributed by atoms with Crippen LogP contribution in [0.25, 0.3) is 0 Å². The van der Waals surface area contributed by atoms with Gasteiger partial charge in [-0.1, -0.05) is 45.9 Å². The van der Waals surface area contributed by atoms with Crippen molar-refractivity contribution in [3.05, 3.63) is 29.3 Å². The number of nitrogens with one attached hydrogen (secondary N) is 1. The number of hydrogen-bond donors (Lipinski definition) is 1. The van der Waals surface area contributed by atoms with E-state index < -0.39 is 6.09 Å². The second kappa shape index (κ2) is 7.39. The standard InChI is InChI=1S/C15H22ClNO2/c1-10(2)12-6-5-7-13(11(3)4)14(12)17-15(18)19-9-8-16/h5-7,10-11H,8-9H2,1-4H3,(H,17,18). The molecule has 1 amide bonds. The third-order valence-corrected chi connectivity index (χ3v) is 3.06. The highest BCUT2D eigenvalue weighted by Crippen LogP contribution is 2.32. The van der Waals surface area contributed by atoms with Crippen molar-refractivity contribution < 1.29 is 9.53 Å². The van der Waals surface area contributed by atoms with E-state index in [-0.39, 0.29) is 6.61 Å². The maximum absolute atomic E-state index is 11.7. The normalized spacial score (nSPS) is 10.9. The van der Waals surface area contributed by atoms with Gasteiger partial charge < -0.3 is 4.74 Å². The maximum atomic E-state index is 11.7. The first-order valence-electron chi connectivity index (χ1n) is 6.59. The van der Waals surface area contributed by atoms with Crippen molar-refractivity contribution in [1.29, 1.82) is 0 Å². The summed E-state index contributed by atoms with van der Waals surface area (Å²) in [6, 6.07) is 6.10. The van der Waals surface area contributed by atoms with Gasteiger partial charge in [0, 0.05) is 0 Å². The van der Waals surface area contributed by atoms with Crippen LogP contribution in [0.1, 0.15) is 50.7 Å². The molecule has 0 aromatic heterocycles. The number of carbonyl (C=O) groups is 1. The van der Waals surface area contributed by atoms with Crippen LogP contribution >= 0.6 is 11.6 Å². The van der Waals surface area contributed by atoms with Crippen LogP contribution in [0, 0.1) is 0 Å². The maximum Gasteiger partial charge on any atom is 0.411 e. The summed E-state index contributed by atoms with van der Waals surface area (Å²) in [5.74, 6) is 0.972. The van der Waals surface area contributed by atoms with Crippen molar-refractivity contribution in [2.24, 2.45) is 0 Å². The second-order valence-electron chi connectivity index (χ2n) is 5.07. The molecule has 0 spiro atoms. The number of halogens is 1. The number of benzene rings is 1. The van der Waals surface area contributed by atoms with Crippen LogP contribution in [0.3, 0.4) is 0 Å². The Morgan fingerprint density at radius 3 is 2.16 bits per heavy atom. The Kier molecular flexibility index (Phi) is 6.16. The van der Waals surface area contributed by atoms with Crippen LogP contribution in [0.4, 0.5) is 10.5 Å². The predicted octanol–water partition coefficient (Wildman–Crippen LogP) is 4.72. The van der Waals surface area contributed by atoms with E-state index >= 15 is 0 Å². The summed E-state index contributed by atoms with van der Waals surface area (Å²) in [6.45, 7) is 8.64. The third kappa shape index (κ3) is 4.43. The van der Waals surface area contributed by atoms with E-state index in [2.05, 4.69) is 33.0 Å². The Balaban J connectivity index is 3.04. The molecule has 0 fully saturated rings. The van der Waals surface area contributed by atoms with Crippen LogP contribution in [0.15, 0.2) is 18.2 Å². The molecular weight excluding hydrogens is 262 g/mol. The molecular formula is C15H22ClNO2. The van der Waals surface area contributed by atoms with Gasteiger partial charge in [0.15, 0.2) is 0 Å². The van der Waals surface area contributed by atoms with Crippen molar-refractivity contribution >= 4 is 23.4 Å². The molecule has 0 saturated heterocycles. The number of anilines is 1. The average Bonchev–Trinajstić information content (AvgIpc) is 2.35. The number of hydrogen-bond acceptors (Lipinski definition) is 2. The van der Waals surface area contributed by atoms with Crippen molar-refractivity contribution in [2.45, 2.75) is 39.5 Å². The van der Waals surface area contributed by atoms with E-state index in [1.165, 1.54) is 0 Å². The molecule has 19 heavy (non-hydrogen) atoms. The lowest BCUT2D eigenvalue weighted by Gasteiger charge is -2.19. The molecule has 4 heteroatoms. The molecule has 0 unspecified atom stereocenters. The molecule has 0 atom stereocenters. The van der Waals surface area contributed by atoms with E-state index in [0.29, 0.717) is 17.7 Å². The Labute approximate surface area is 120 Å². The molecule has 0 aliphatic rings. The summed E-state index contributed by atoms with van der Waals surface area (Å²) in [7, 11) is 0. The average molecular weight is 284 g/mol. The number of alkyl halides is 1. The lowest BCUT2D eigenvalue weighted by Crippen LogP contribution is -2.18. The van der Waals surface area contributed by atoms with Crippen molar-refractivity contribution in [1.82, 2.24) is 0 Å². The molecule has 0 heterocycles. The van der Waals surface area contributed by atoms with Gasteiger partial charge in [-0.05, 0) is 23.0 Å². The minimum absolute atomic E-state index is 0.217. The molecule has 0 saturated carbocycles. The number of carbonyl (C=O) groups excluding carboxylic acids is 1. The predicted molar refractivity (Wildman–Crippen MR) is 80.3 cm³/mol. The van der Waals surface area contributed by atoms with E-state index in [9.17, 15) is 4.79 Å². The van der Waals surface area contributed by atoms with Gasteiger partial charge >= 0.3 is 6.09 Å². The van der Waals surface area contributed by atoms with Gasteiger partial charge in [-0.25, -0.2) is 4.79 Å². The molecule has 0 radical (unpaired) electrons. The van der Waals surface area contributed by atoms with Crippen LogP contribution in [0.2, 0.25) is 0 Å². The zero-order valence-electron chi connectivity index (χ0n) is 12.0. The summed E-state index contributed by atoms with van der Waals surface area (Å²) in [6.07, 6.45) is -0.448. The number of amides is 1. The quantitative estimate of drug-likeness (QED) is 0.794. The summed E-state index contributed by atoms with van der Waals surface area (Å²) in [4.78, 5) is 11.7. The monoisotopic (exact) mass is 283 g/mol. The molecule has 0 aliphatic heterocycles. The van der Waals surface area contributed by atoms with Gasteiger partial charge in [0.1, 0.15) is 6.61 Å². The molecule has 3 nitrogen and oxygen atoms in total. The summed E-state index contributed by atoms with van der Waals surface area (Å²) >= 11 is 5.51. The van der Waals surface area contributed by atoms with Crippen molar-refractivity contribution in [2.75, 3.05) is 17.8 Å². The highest BCUT2D eigenvalue weighted by Gasteiger charge is 2.16. The largest absolute Gasteiger partial charge is 0.448 e. The molecule has 0 bridgehead atoms. The molecule has 0 aliphatic carbocycles. The van der Waals surface area contributed by atoms with Crippen molar-refractivity contribution in [3.8, 4) is 0 Å². The smallest absolute Gasteiger partial charge is 0.411 e. The fourth-order valence-corrected chi connectivity index (χ4v) is 2.04. The topological polar surface area (TPSA) is 38.3 Å². The van der Waals surface area contributed by atoms with E-state index in [0.717, 1.165) is 16.8 Å². The minimum atomic E-state index is -0.448. The number of ether oxygens (including phenoxy) is 1. The fraction of sp³-hybridized carbons (Fsp3) is 0.533. The van der Waals surface area contributed by atoms with Crippen molar-refractivity contribution in [3.63, 3.8) is 0 Å². The first kappa shape index (κ1) is 15.8. The lowest BCUT2D eigenvalue weighted by molar-refractivity contribution is 0.168. The minimum Gasteiger partial charge on any atom is -0.448 e. The van der Waals surface area contributed by atoms with Crippen LogP contribution in [-0.2, 0) is 4.74 Å². The van der Waals surface area contributed by atoms with Gasteiger partial charge in [0.25, 0.3) is 0 Å². The molecule has 1 aromatic rings. The second-order valence-corrected chi connectivity index (χ2v) is 5.45. The van der Waals surface area contributed by atoms with Gasteiger partial charge in [-0.3, -0.25) is 5.32 Å². The molecule has 1 N–H and O–H groups in total. The summed E-state index contributed by atoms with van der Waals surface area (Å²) in [5, 5.41) is 2.86. The van der Waals surface area contributed by atoms with E-state index in [1.807, 2.05) is 18.2 Å². The third-order valence-electron chi connectivity index (χ3n) is 2.91. The van der Waals surface area contributed by atoms with E-state index in [1.54, 1.807) is 0 Å². The Morgan fingerprint density at radius 2 is 1.74 bits per heavy atom. The summed E-state index contributed by atoms with van der Waals surface area (Å²) < 4.78 is 4.98. The fourth-order valence-electron chi connectivity index (χ4n) is 1.96. The van der Waals surface area contributed by atoms with Gasteiger partial charge in [-0.2, -0.15) is 0 Å². The Bertz CT molecular complexity index is 404. The summed E-state index contributed by atoms with van der Waals surface area (Å²) in [5.41, 5.74) is 3.11. The SMILES string of the molecule is CC(C)c1cccc(C(C)C)c1NC(=O)OCCCl. The van der Waals surface area contributed by atoms with E-state index in [4.69, 9.17) is 16.3 Å². The molecule has 1 rings (SSSR count). The first-order chi connectivity index (χ1) is 8.97. The zero-order valence-corrected chi connectivity index (χ0v) is 12.8. The van der Waals surface area contributed by atoms with Crippen LogP contribution in [0.5, 0.6) is 0 Å². The van der Waals surface area contributed by atoms with Gasteiger partial charge in [-0.15, -0.1) is 11.6 Å². The molecule has 106 valence electrons. The van der Waals surface area contributed by atoms with Crippen LogP contribution < -0.4 is 5.32 Å². The first-order valence-corrected chi connectivity index (χ1v) is 7.13. The van der Waals surface area contributed by atoms with Gasteiger partial charge in [0.05, 0.1) is 11.6 Å². The van der Waals surface area contributed by atoms with Gasteiger partial charge in [0.2, 0.25) is 0 Å². The highest BCUT2D eigenvalue weighted by atomic mass is 35.5. The number of para-hydroxylation sites is 1. The zero-order chi connectivity index (χ0) is 14.4. The van der Waals surface area contributed by atoms with Crippen LogP contribution in [-0.4, -0.2) is 18.6 Å². The lowest BCUT2D eigenvalue weighted by atomic mass is 9.93. The number of rotatable bonds is 5.